The van der Waals surface area contributed by atoms with Crippen LogP contribution in [0.5, 0.6) is 0 Å². The first-order chi connectivity index (χ1) is 16.8. The molecule has 0 aliphatic heterocycles. The molecule has 0 aromatic heterocycles. The van der Waals surface area contributed by atoms with E-state index in [1.165, 1.54) is 77.0 Å². The number of unbranched alkanes of at least 4 members (excludes halogenated alkanes) is 12. The number of quaternary nitrogens is 1. The molecule has 0 aromatic carbocycles. The van der Waals surface area contributed by atoms with Crippen LogP contribution in [0.15, 0.2) is 24.8 Å². The maximum Gasteiger partial charge on any atom is 0.362 e. The zero-order chi connectivity index (χ0) is 26.2. The zero-order valence-corrected chi connectivity index (χ0v) is 24.4. The first-order valence-electron chi connectivity index (χ1n) is 14.7. The normalized spacial score (nSPS) is 13.0. The number of rotatable bonds is 25. The third-order valence-electron chi connectivity index (χ3n) is 6.70. The van der Waals surface area contributed by atoms with Crippen molar-refractivity contribution >= 4 is 5.97 Å². The third-order valence-corrected chi connectivity index (χ3v) is 6.70. The van der Waals surface area contributed by atoms with Gasteiger partial charge in [0.15, 0.2) is 6.54 Å². The molecule has 4 heteroatoms. The van der Waals surface area contributed by atoms with Gasteiger partial charge in [0.25, 0.3) is 0 Å². The summed E-state index contributed by atoms with van der Waals surface area (Å²) in [6, 6.07) is 0. The van der Waals surface area contributed by atoms with Crippen LogP contribution >= 0.6 is 0 Å². The lowest BCUT2D eigenvalue weighted by molar-refractivity contribution is -0.883. The molecule has 4 nitrogen and oxygen atoms in total. The van der Waals surface area contributed by atoms with Crippen molar-refractivity contribution in [3.8, 4) is 0 Å². The van der Waals surface area contributed by atoms with Crippen molar-refractivity contribution in [2.75, 3.05) is 47.8 Å². The van der Waals surface area contributed by atoms with Gasteiger partial charge in [-0.1, -0.05) is 70.1 Å². The predicted octanol–water partition coefficient (Wildman–Crippen LogP) is 7.93. The topological polar surface area (TPSA) is 29.5 Å². The Labute approximate surface area is 219 Å². The van der Waals surface area contributed by atoms with Gasteiger partial charge >= 0.3 is 5.97 Å². The summed E-state index contributed by atoms with van der Waals surface area (Å²) in [6.45, 7) is 8.69. The number of carbonyl (C=O) groups is 1. The molecule has 0 aliphatic rings. The van der Waals surface area contributed by atoms with E-state index in [4.69, 9.17) is 4.74 Å². The lowest BCUT2D eigenvalue weighted by atomic mass is 10.1. The predicted molar refractivity (Wildman–Crippen MR) is 154 cm³/mol. The molecule has 0 radical (unpaired) electrons. The number of hydrogen-bond acceptors (Lipinski definition) is 3. The van der Waals surface area contributed by atoms with Crippen LogP contribution in [0.3, 0.4) is 0 Å². The summed E-state index contributed by atoms with van der Waals surface area (Å²) in [7, 11) is 8.59. The number of likely N-dealkylation sites (N-methyl/N-ethyl adjacent to an activating group) is 1. The Morgan fingerprint density at radius 1 is 0.857 bits per heavy atom. The first kappa shape index (κ1) is 33.9. The van der Waals surface area contributed by atoms with Crippen molar-refractivity contribution in [2.45, 2.75) is 122 Å². The molecular formula is C31H61N2O2+. The van der Waals surface area contributed by atoms with Crippen molar-refractivity contribution in [3.05, 3.63) is 24.8 Å². The Kier molecular flexibility index (Phi) is 22.5. The maximum atomic E-state index is 12.8. The lowest BCUT2D eigenvalue weighted by Gasteiger charge is -2.29. The second-order valence-corrected chi connectivity index (χ2v) is 11.3. The summed E-state index contributed by atoms with van der Waals surface area (Å²) in [5.74, 6) is -0.0315. The maximum absolute atomic E-state index is 12.8. The van der Waals surface area contributed by atoms with E-state index in [-0.39, 0.29) is 12.1 Å². The number of esters is 1. The highest BCUT2D eigenvalue weighted by Gasteiger charge is 2.23. The van der Waals surface area contributed by atoms with E-state index in [9.17, 15) is 4.79 Å². The first-order valence-corrected chi connectivity index (χ1v) is 14.7. The molecule has 0 fully saturated rings. The fourth-order valence-corrected chi connectivity index (χ4v) is 4.44. The van der Waals surface area contributed by atoms with Crippen molar-refractivity contribution < 1.29 is 14.0 Å². The summed E-state index contributed by atoms with van der Waals surface area (Å²) in [5, 5.41) is 0. The van der Waals surface area contributed by atoms with Crippen molar-refractivity contribution in [3.63, 3.8) is 0 Å². The number of nitrogens with zero attached hydrogens (tertiary/aromatic N) is 2. The molecule has 1 atom stereocenters. The summed E-state index contributed by atoms with van der Waals surface area (Å²) in [4.78, 5) is 15.0. The molecule has 0 aliphatic carbocycles. The molecule has 0 N–H and O–H groups in total. The van der Waals surface area contributed by atoms with Gasteiger partial charge in [-0.25, -0.2) is 4.79 Å². The zero-order valence-electron chi connectivity index (χ0n) is 24.4. The van der Waals surface area contributed by atoms with Gasteiger partial charge in [-0.05, 0) is 78.4 Å². The molecule has 0 heterocycles. The molecule has 1 unspecified atom stereocenters. The van der Waals surface area contributed by atoms with Crippen LogP contribution in [0.1, 0.15) is 116 Å². The average molecular weight is 494 g/mol. The van der Waals surface area contributed by atoms with Gasteiger partial charge in [0.05, 0.1) is 20.6 Å². The average Bonchev–Trinajstić information content (AvgIpc) is 2.79. The van der Waals surface area contributed by atoms with Crippen LogP contribution in [0.25, 0.3) is 0 Å². The summed E-state index contributed by atoms with van der Waals surface area (Å²) in [6.07, 6.45) is 27.0. The van der Waals surface area contributed by atoms with Crippen LogP contribution in [-0.4, -0.2) is 69.3 Å². The molecule has 206 valence electrons. The van der Waals surface area contributed by atoms with Crippen molar-refractivity contribution in [2.24, 2.45) is 0 Å². The molecule has 0 bridgehead atoms. The second-order valence-electron chi connectivity index (χ2n) is 11.3. The van der Waals surface area contributed by atoms with E-state index in [1.807, 2.05) is 6.08 Å². The van der Waals surface area contributed by atoms with Gasteiger partial charge in [-0.3, -0.25) is 0 Å². The van der Waals surface area contributed by atoms with Crippen LogP contribution in [0.2, 0.25) is 0 Å². The van der Waals surface area contributed by atoms with Crippen LogP contribution < -0.4 is 0 Å². The van der Waals surface area contributed by atoms with Gasteiger partial charge in [-0.15, -0.1) is 6.58 Å². The number of allylic oxidation sites excluding steroid dienone is 2. The van der Waals surface area contributed by atoms with Gasteiger partial charge in [-0.2, -0.15) is 0 Å². The minimum absolute atomic E-state index is 0.0283. The Morgan fingerprint density at radius 3 is 2.17 bits per heavy atom. The fourth-order valence-electron chi connectivity index (χ4n) is 4.44. The van der Waals surface area contributed by atoms with Crippen molar-refractivity contribution in [1.29, 1.82) is 0 Å². The number of carbonyl (C=O) groups excluding carboxylic acids is 1. The monoisotopic (exact) mass is 493 g/mol. The number of ether oxygens (including phenoxy) is 1. The van der Waals surface area contributed by atoms with Crippen molar-refractivity contribution in [1.82, 2.24) is 4.90 Å². The quantitative estimate of drug-likeness (QED) is 0.0559. The van der Waals surface area contributed by atoms with E-state index >= 15 is 0 Å². The molecule has 0 aromatic rings. The Balaban J connectivity index is 4.32. The standard InChI is InChI=1S/C31H61N2O2/c1-7-9-11-13-14-15-16-17-18-22-26-30(25-21-12-10-8-2)35-31(34)29-33(5,6)28-24-20-19-23-27-32(3)4/h7,18,22,30H,1,8-17,19-21,23-29H2,2-6H3/q+1/b22-18+. The van der Waals surface area contributed by atoms with Crippen LogP contribution in [0, 0.1) is 0 Å². The van der Waals surface area contributed by atoms with Crippen LogP contribution in [-0.2, 0) is 9.53 Å². The molecular weight excluding hydrogens is 432 g/mol. The molecule has 0 saturated heterocycles. The largest absolute Gasteiger partial charge is 0.458 e. The molecule has 0 spiro atoms. The molecule has 0 rings (SSSR count). The molecule has 35 heavy (non-hydrogen) atoms. The summed E-state index contributed by atoms with van der Waals surface area (Å²) >= 11 is 0. The Hall–Kier alpha value is -1.13. The highest BCUT2D eigenvalue weighted by molar-refractivity contribution is 5.70. The van der Waals surface area contributed by atoms with E-state index < -0.39 is 0 Å². The minimum atomic E-state index is -0.0315. The fraction of sp³-hybridized carbons (Fsp3) is 0.839. The summed E-state index contributed by atoms with van der Waals surface area (Å²) in [5.41, 5.74) is 0. The number of hydrogen-bond donors (Lipinski definition) is 0. The van der Waals surface area contributed by atoms with Gasteiger partial charge in [0.2, 0.25) is 0 Å². The SMILES string of the molecule is C=CCCCCCCC/C=C/CC(CCCCCC)OC(=O)C[N+](C)(C)CCCCCCN(C)C. The minimum Gasteiger partial charge on any atom is -0.458 e. The highest BCUT2D eigenvalue weighted by atomic mass is 16.5. The lowest BCUT2D eigenvalue weighted by Crippen LogP contribution is -2.45. The molecule has 0 saturated carbocycles. The van der Waals surface area contributed by atoms with E-state index in [1.54, 1.807) is 0 Å². The third kappa shape index (κ3) is 24.3. The van der Waals surface area contributed by atoms with Crippen LogP contribution in [0.4, 0.5) is 0 Å². The van der Waals surface area contributed by atoms with E-state index in [2.05, 4.69) is 58.7 Å². The Morgan fingerprint density at radius 2 is 1.49 bits per heavy atom. The smallest absolute Gasteiger partial charge is 0.362 e. The summed E-state index contributed by atoms with van der Waals surface area (Å²) < 4.78 is 6.72. The highest BCUT2D eigenvalue weighted by Crippen LogP contribution is 2.15. The second kappa shape index (κ2) is 23.3. The van der Waals surface area contributed by atoms with Gasteiger partial charge < -0.3 is 14.1 Å². The van der Waals surface area contributed by atoms with Gasteiger partial charge in [0.1, 0.15) is 6.10 Å². The molecule has 0 amide bonds. The van der Waals surface area contributed by atoms with Gasteiger partial charge in [0, 0.05) is 6.42 Å². The Bertz CT molecular complexity index is 528. The van der Waals surface area contributed by atoms with E-state index in [0.29, 0.717) is 6.54 Å². The van der Waals surface area contributed by atoms with E-state index in [0.717, 1.165) is 49.7 Å².